The second-order valence-corrected chi connectivity index (χ2v) is 4.64. The topological polar surface area (TPSA) is 66.6 Å². The summed E-state index contributed by atoms with van der Waals surface area (Å²) in [6, 6.07) is 5.44. The Kier molecular flexibility index (Phi) is 3.33. The van der Waals surface area contributed by atoms with E-state index in [2.05, 4.69) is 0 Å². The fourth-order valence-electron chi connectivity index (χ4n) is 2.16. The highest BCUT2D eigenvalue weighted by Gasteiger charge is 2.24. The summed E-state index contributed by atoms with van der Waals surface area (Å²) in [6.45, 7) is 3.04. The number of hydrogen-bond donors (Lipinski definition) is 2. The first-order chi connectivity index (χ1) is 8.08. The molecule has 1 aliphatic heterocycles. The van der Waals surface area contributed by atoms with Crippen LogP contribution in [0.25, 0.3) is 0 Å². The molecule has 17 heavy (non-hydrogen) atoms. The average Bonchev–Trinajstić information content (AvgIpc) is 2.31. The van der Waals surface area contributed by atoms with Crippen LogP contribution in [-0.2, 0) is 0 Å². The molecule has 0 aliphatic carbocycles. The lowest BCUT2D eigenvalue weighted by Crippen LogP contribution is -2.42. The van der Waals surface area contributed by atoms with Crippen LogP contribution < -0.4 is 5.73 Å². The second-order valence-electron chi connectivity index (χ2n) is 4.64. The number of nitrogen functional groups attached to an aromatic ring is 1. The van der Waals surface area contributed by atoms with E-state index >= 15 is 0 Å². The molecule has 1 heterocycles. The van der Waals surface area contributed by atoms with E-state index in [1.807, 2.05) is 13.0 Å². The molecule has 1 unspecified atom stereocenters. The van der Waals surface area contributed by atoms with E-state index in [9.17, 15) is 9.90 Å². The second kappa shape index (κ2) is 4.75. The largest absolute Gasteiger partial charge is 0.398 e. The molecule has 0 saturated carbocycles. The fourth-order valence-corrected chi connectivity index (χ4v) is 2.16. The van der Waals surface area contributed by atoms with Crippen LogP contribution in [0.15, 0.2) is 18.2 Å². The van der Waals surface area contributed by atoms with Crippen molar-refractivity contribution in [1.29, 1.82) is 0 Å². The predicted octanol–water partition coefficient (Wildman–Crippen LogP) is 1.17. The first kappa shape index (κ1) is 11.9. The first-order valence-electron chi connectivity index (χ1n) is 5.91. The van der Waals surface area contributed by atoms with Gasteiger partial charge in [-0.3, -0.25) is 4.79 Å². The number of likely N-dealkylation sites (tertiary alicyclic amines) is 1. The highest BCUT2D eigenvalue weighted by molar-refractivity contribution is 5.99. The Bertz CT molecular complexity index is 431. The maximum Gasteiger partial charge on any atom is 0.256 e. The van der Waals surface area contributed by atoms with Crippen molar-refractivity contribution < 1.29 is 9.90 Å². The SMILES string of the molecule is Cc1ccc(N)c(C(=O)N2CCCC(O)C2)c1. The van der Waals surface area contributed by atoms with Gasteiger partial charge in [0.2, 0.25) is 0 Å². The highest BCUT2D eigenvalue weighted by atomic mass is 16.3. The number of β-amino-alcohol motifs (C(OH)–C–C–N with tert-alkyl or cyclic N) is 1. The summed E-state index contributed by atoms with van der Waals surface area (Å²) in [5, 5.41) is 9.57. The molecule has 0 spiro atoms. The van der Waals surface area contributed by atoms with Gasteiger partial charge in [0.15, 0.2) is 0 Å². The standard InChI is InChI=1S/C13H18N2O2/c1-9-4-5-12(14)11(7-9)13(17)15-6-2-3-10(16)8-15/h4-5,7,10,16H,2-3,6,8,14H2,1H3. The minimum atomic E-state index is -0.404. The summed E-state index contributed by atoms with van der Waals surface area (Å²) >= 11 is 0. The fraction of sp³-hybridized carbons (Fsp3) is 0.462. The normalized spacial score (nSPS) is 20.4. The molecule has 4 nitrogen and oxygen atoms in total. The van der Waals surface area contributed by atoms with Crippen molar-refractivity contribution in [2.75, 3.05) is 18.8 Å². The Hall–Kier alpha value is -1.55. The Labute approximate surface area is 101 Å². The highest BCUT2D eigenvalue weighted by Crippen LogP contribution is 2.19. The van der Waals surface area contributed by atoms with Gasteiger partial charge in [0.1, 0.15) is 0 Å². The number of nitrogens with two attached hydrogens (primary N) is 1. The van der Waals surface area contributed by atoms with E-state index in [1.165, 1.54) is 0 Å². The van der Waals surface area contributed by atoms with Crippen molar-refractivity contribution in [3.05, 3.63) is 29.3 Å². The van der Waals surface area contributed by atoms with Gasteiger partial charge < -0.3 is 15.7 Å². The molecule has 1 fully saturated rings. The number of benzene rings is 1. The monoisotopic (exact) mass is 234 g/mol. The minimum absolute atomic E-state index is 0.0787. The number of aryl methyl sites for hydroxylation is 1. The van der Waals surface area contributed by atoms with E-state index in [0.29, 0.717) is 24.3 Å². The molecule has 2 rings (SSSR count). The minimum Gasteiger partial charge on any atom is -0.398 e. The number of aliphatic hydroxyl groups excluding tert-OH is 1. The van der Waals surface area contributed by atoms with E-state index in [-0.39, 0.29) is 5.91 Å². The van der Waals surface area contributed by atoms with Crippen molar-refractivity contribution in [1.82, 2.24) is 4.90 Å². The zero-order chi connectivity index (χ0) is 12.4. The quantitative estimate of drug-likeness (QED) is 0.717. The van der Waals surface area contributed by atoms with Crippen LogP contribution in [0, 0.1) is 6.92 Å². The third-order valence-corrected chi connectivity index (χ3v) is 3.12. The Morgan fingerprint density at radius 2 is 2.29 bits per heavy atom. The van der Waals surface area contributed by atoms with Crippen LogP contribution >= 0.6 is 0 Å². The molecule has 1 aromatic rings. The molecule has 4 heteroatoms. The Morgan fingerprint density at radius 3 is 3.00 bits per heavy atom. The van der Waals surface area contributed by atoms with Gasteiger partial charge in [-0.1, -0.05) is 11.6 Å². The zero-order valence-corrected chi connectivity index (χ0v) is 10.0. The molecular formula is C13H18N2O2. The number of anilines is 1. The van der Waals surface area contributed by atoms with Gasteiger partial charge in [0.25, 0.3) is 5.91 Å². The molecule has 1 atom stereocenters. The van der Waals surface area contributed by atoms with E-state index in [4.69, 9.17) is 5.73 Å². The lowest BCUT2D eigenvalue weighted by molar-refractivity contribution is 0.0474. The van der Waals surface area contributed by atoms with Gasteiger partial charge in [0, 0.05) is 18.8 Å². The smallest absolute Gasteiger partial charge is 0.256 e. The lowest BCUT2D eigenvalue weighted by atomic mass is 10.0. The molecule has 1 amide bonds. The number of nitrogens with zero attached hydrogens (tertiary/aromatic N) is 1. The van der Waals surface area contributed by atoms with E-state index < -0.39 is 6.10 Å². The molecule has 0 bridgehead atoms. The van der Waals surface area contributed by atoms with Crippen molar-refractivity contribution in [2.45, 2.75) is 25.9 Å². The lowest BCUT2D eigenvalue weighted by Gasteiger charge is -2.30. The maximum absolute atomic E-state index is 12.3. The molecular weight excluding hydrogens is 216 g/mol. The van der Waals surface area contributed by atoms with Gasteiger partial charge in [-0.2, -0.15) is 0 Å². The average molecular weight is 234 g/mol. The summed E-state index contributed by atoms with van der Waals surface area (Å²) in [4.78, 5) is 13.9. The van der Waals surface area contributed by atoms with Crippen LogP contribution in [-0.4, -0.2) is 35.1 Å². The van der Waals surface area contributed by atoms with Gasteiger partial charge >= 0.3 is 0 Å². The van der Waals surface area contributed by atoms with Crippen molar-refractivity contribution in [3.63, 3.8) is 0 Å². The van der Waals surface area contributed by atoms with Crippen molar-refractivity contribution in [3.8, 4) is 0 Å². The maximum atomic E-state index is 12.3. The van der Waals surface area contributed by atoms with Gasteiger partial charge in [-0.15, -0.1) is 0 Å². The van der Waals surface area contributed by atoms with E-state index in [1.54, 1.807) is 17.0 Å². The van der Waals surface area contributed by atoms with Crippen LogP contribution in [0.3, 0.4) is 0 Å². The molecule has 0 radical (unpaired) electrons. The molecule has 1 aliphatic rings. The number of rotatable bonds is 1. The van der Waals surface area contributed by atoms with E-state index in [0.717, 1.165) is 18.4 Å². The van der Waals surface area contributed by atoms with Gasteiger partial charge in [-0.05, 0) is 31.9 Å². The van der Waals surface area contributed by atoms with Crippen molar-refractivity contribution in [2.24, 2.45) is 0 Å². The summed E-state index contributed by atoms with van der Waals surface area (Å²) in [5.74, 6) is -0.0787. The molecule has 1 saturated heterocycles. The number of aliphatic hydroxyl groups is 1. The predicted molar refractivity (Wildman–Crippen MR) is 66.7 cm³/mol. The zero-order valence-electron chi connectivity index (χ0n) is 10.0. The number of carbonyl (C=O) groups excluding carboxylic acids is 1. The molecule has 0 aromatic heterocycles. The van der Waals surface area contributed by atoms with Gasteiger partial charge in [0.05, 0.1) is 11.7 Å². The first-order valence-corrected chi connectivity index (χ1v) is 5.91. The molecule has 1 aromatic carbocycles. The number of carbonyl (C=O) groups is 1. The third-order valence-electron chi connectivity index (χ3n) is 3.12. The van der Waals surface area contributed by atoms with Crippen molar-refractivity contribution >= 4 is 11.6 Å². The Balaban J connectivity index is 2.21. The molecule has 3 N–H and O–H groups in total. The summed E-state index contributed by atoms with van der Waals surface area (Å²) in [7, 11) is 0. The van der Waals surface area contributed by atoms with Crippen LogP contribution in [0.1, 0.15) is 28.8 Å². The summed E-state index contributed by atoms with van der Waals surface area (Å²) < 4.78 is 0. The van der Waals surface area contributed by atoms with Crippen LogP contribution in [0.2, 0.25) is 0 Å². The summed E-state index contributed by atoms with van der Waals surface area (Å²) in [5.41, 5.74) is 7.88. The van der Waals surface area contributed by atoms with Crippen LogP contribution in [0.4, 0.5) is 5.69 Å². The molecule has 92 valence electrons. The summed E-state index contributed by atoms with van der Waals surface area (Å²) in [6.07, 6.45) is 1.21. The Morgan fingerprint density at radius 1 is 1.53 bits per heavy atom. The third kappa shape index (κ3) is 2.58. The van der Waals surface area contributed by atoms with Crippen LogP contribution in [0.5, 0.6) is 0 Å². The number of amides is 1. The van der Waals surface area contributed by atoms with Gasteiger partial charge in [-0.25, -0.2) is 0 Å². The number of piperidine rings is 1. The number of hydrogen-bond acceptors (Lipinski definition) is 3.